The van der Waals surface area contributed by atoms with Gasteiger partial charge in [0.25, 0.3) is 0 Å². The number of carboxylic acids is 1. The van der Waals surface area contributed by atoms with Crippen LogP contribution in [0, 0.1) is 5.82 Å². The number of carboxylic acid groups (broad SMARTS) is 1. The molecule has 14 heavy (non-hydrogen) atoms. The van der Waals surface area contributed by atoms with E-state index in [0.717, 1.165) is 0 Å². The van der Waals surface area contributed by atoms with Gasteiger partial charge in [0, 0.05) is 9.86 Å². The number of aromatic amines is 1. The van der Waals surface area contributed by atoms with E-state index in [1.807, 2.05) is 0 Å². The molecule has 0 fully saturated rings. The van der Waals surface area contributed by atoms with Crippen LogP contribution in [0.4, 0.5) is 4.39 Å². The summed E-state index contributed by atoms with van der Waals surface area (Å²) >= 11 is 3.08. The Labute approximate surface area is 85.9 Å². The van der Waals surface area contributed by atoms with Crippen LogP contribution in [0.5, 0.6) is 0 Å². The maximum atomic E-state index is 12.9. The number of nitrogens with zero attached hydrogens (tertiary/aromatic N) is 1. The number of rotatable bonds is 1. The predicted molar refractivity (Wildman–Crippen MR) is 50.7 cm³/mol. The molecule has 0 aliphatic heterocycles. The number of fused-ring (bicyclic) bond motifs is 1. The second-order valence-electron chi connectivity index (χ2n) is 2.69. The van der Waals surface area contributed by atoms with Crippen LogP contribution >= 0.6 is 15.9 Å². The first-order chi connectivity index (χ1) is 6.59. The molecule has 1 aromatic carbocycles. The van der Waals surface area contributed by atoms with Crippen molar-refractivity contribution in [1.82, 2.24) is 10.2 Å². The summed E-state index contributed by atoms with van der Waals surface area (Å²) in [5, 5.41) is 15.2. The van der Waals surface area contributed by atoms with E-state index in [-0.39, 0.29) is 5.69 Å². The Kier molecular flexibility index (Phi) is 1.99. The van der Waals surface area contributed by atoms with Gasteiger partial charge in [0.15, 0.2) is 5.69 Å². The van der Waals surface area contributed by atoms with E-state index in [1.165, 1.54) is 12.1 Å². The predicted octanol–water partition coefficient (Wildman–Crippen LogP) is 2.16. The Morgan fingerprint density at radius 2 is 2.29 bits per heavy atom. The largest absolute Gasteiger partial charge is 0.476 e. The van der Waals surface area contributed by atoms with Crippen molar-refractivity contribution in [2.75, 3.05) is 0 Å². The molecule has 0 bridgehead atoms. The number of halogens is 2. The third-order valence-corrected chi connectivity index (χ3v) is 2.41. The Morgan fingerprint density at radius 3 is 2.93 bits per heavy atom. The lowest BCUT2D eigenvalue weighted by Crippen LogP contribution is -1.97. The highest BCUT2D eigenvalue weighted by atomic mass is 79.9. The van der Waals surface area contributed by atoms with Gasteiger partial charge in [-0.2, -0.15) is 5.10 Å². The number of H-pyrrole nitrogens is 1. The van der Waals surface area contributed by atoms with Crippen LogP contribution in [0.1, 0.15) is 10.5 Å². The molecule has 0 saturated heterocycles. The fraction of sp³-hybridized carbons (Fsp3) is 0. The molecular formula is C8H4BrFN2O2. The normalized spacial score (nSPS) is 10.7. The van der Waals surface area contributed by atoms with Crippen LogP contribution in [0.2, 0.25) is 0 Å². The summed E-state index contributed by atoms with van der Waals surface area (Å²) in [7, 11) is 0. The number of aromatic carboxylic acids is 1. The highest BCUT2D eigenvalue weighted by Crippen LogP contribution is 2.26. The molecule has 1 heterocycles. The summed E-state index contributed by atoms with van der Waals surface area (Å²) < 4.78 is 13.3. The molecule has 2 rings (SSSR count). The Morgan fingerprint density at radius 1 is 1.57 bits per heavy atom. The van der Waals surface area contributed by atoms with E-state index in [4.69, 9.17) is 5.11 Å². The second kappa shape index (κ2) is 3.06. The van der Waals surface area contributed by atoms with Crippen molar-refractivity contribution in [2.24, 2.45) is 0 Å². The van der Waals surface area contributed by atoms with Crippen molar-refractivity contribution in [1.29, 1.82) is 0 Å². The molecule has 6 heteroatoms. The fourth-order valence-corrected chi connectivity index (χ4v) is 1.85. The van der Waals surface area contributed by atoms with E-state index in [2.05, 4.69) is 26.1 Å². The number of carbonyl (C=O) groups is 1. The Balaban J connectivity index is 2.85. The van der Waals surface area contributed by atoms with Gasteiger partial charge in [-0.15, -0.1) is 0 Å². The number of hydrogen-bond donors (Lipinski definition) is 2. The molecule has 0 aliphatic carbocycles. The van der Waals surface area contributed by atoms with E-state index in [1.54, 1.807) is 0 Å². The minimum Gasteiger partial charge on any atom is -0.476 e. The van der Waals surface area contributed by atoms with Gasteiger partial charge in [0.05, 0.1) is 5.52 Å². The monoisotopic (exact) mass is 258 g/mol. The molecular weight excluding hydrogens is 255 g/mol. The second-order valence-corrected chi connectivity index (χ2v) is 3.54. The molecule has 0 atom stereocenters. The summed E-state index contributed by atoms with van der Waals surface area (Å²) in [6.45, 7) is 0. The standard InChI is InChI=1S/C8H4BrFN2O2/c9-4-1-3(10)2-5-6(4)7(8(13)14)12-11-5/h1-2H,(H,11,12)(H,13,14). The zero-order chi connectivity index (χ0) is 10.3. The molecule has 2 aromatic rings. The maximum Gasteiger partial charge on any atom is 0.357 e. The number of aromatic nitrogens is 2. The van der Waals surface area contributed by atoms with Crippen LogP contribution < -0.4 is 0 Å². The van der Waals surface area contributed by atoms with Crippen LogP contribution in [0.25, 0.3) is 10.9 Å². The first-order valence-corrected chi connectivity index (χ1v) is 4.45. The van der Waals surface area contributed by atoms with E-state index in [9.17, 15) is 9.18 Å². The fourth-order valence-electron chi connectivity index (χ4n) is 1.23. The average molecular weight is 259 g/mol. The van der Waals surface area contributed by atoms with Gasteiger partial charge >= 0.3 is 5.97 Å². The summed E-state index contributed by atoms with van der Waals surface area (Å²) in [5.41, 5.74) is 0.237. The zero-order valence-corrected chi connectivity index (χ0v) is 8.30. The van der Waals surface area contributed by atoms with Crippen molar-refractivity contribution in [3.63, 3.8) is 0 Å². The lowest BCUT2D eigenvalue weighted by atomic mass is 10.2. The lowest BCUT2D eigenvalue weighted by molar-refractivity contribution is 0.0692. The lowest BCUT2D eigenvalue weighted by Gasteiger charge is -1.95. The van der Waals surface area contributed by atoms with Crippen LogP contribution in [0.3, 0.4) is 0 Å². The zero-order valence-electron chi connectivity index (χ0n) is 6.71. The van der Waals surface area contributed by atoms with Crippen molar-refractivity contribution < 1.29 is 14.3 Å². The molecule has 0 spiro atoms. The van der Waals surface area contributed by atoms with E-state index >= 15 is 0 Å². The molecule has 4 nitrogen and oxygen atoms in total. The summed E-state index contributed by atoms with van der Waals surface area (Å²) in [4.78, 5) is 10.7. The Hall–Kier alpha value is -1.43. The van der Waals surface area contributed by atoms with Crippen LogP contribution in [-0.4, -0.2) is 21.3 Å². The smallest absolute Gasteiger partial charge is 0.357 e. The first-order valence-electron chi connectivity index (χ1n) is 3.66. The highest BCUT2D eigenvalue weighted by Gasteiger charge is 2.15. The minimum absolute atomic E-state index is 0.119. The third kappa shape index (κ3) is 1.27. The molecule has 0 saturated carbocycles. The first kappa shape index (κ1) is 9.14. The molecule has 1 aromatic heterocycles. The van der Waals surface area contributed by atoms with Gasteiger partial charge in [0.2, 0.25) is 0 Å². The van der Waals surface area contributed by atoms with Gasteiger partial charge in [-0.25, -0.2) is 9.18 Å². The molecule has 0 unspecified atom stereocenters. The van der Waals surface area contributed by atoms with Crippen molar-refractivity contribution in [3.05, 3.63) is 28.1 Å². The quantitative estimate of drug-likeness (QED) is 0.824. The van der Waals surface area contributed by atoms with E-state index < -0.39 is 11.8 Å². The average Bonchev–Trinajstić information content (AvgIpc) is 2.47. The van der Waals surface area contributed by atoms with Crippen molar-refractivity contribution in [2.45, 2.75) is 0 Å². The molecule has 0 amide bonds. The van der Waals surface area contributed by atoms with Gasteiger partial charge in [0.1, 0.15) is 5.82 Å². The molecule has 0 aliphatic rings. The van der Waals surface area contributed by atoms with Crippen molar-refractivity contribution in [3.8, 4) is 0 Å². The number of hydrogen-bond acceptors (Lipinski definition) is 2. The van der Waals surface area contributed by atoms with Gasteiger partial charge < -0.3 is 5.11 Å². The van der Waals surface area contributed by atoms with Gasteiger partial charge in [-0.05, 0) is 28.1 Å². The SMILES string of the molecule is O=C(O)c1n[nH]c2cc(F)cc(Br)c12. The molecule has 0 radical (unpaired) electrons. The minimum atomic E-state index is -1.15. The van der Waals surface area contributed by atoms with Crippen LogP contribution in [0.15, 0.2) is 16.6 Å². The summed E-state index contributed by atoms with van der Waals surface area (Å²) in [6, 6.07) is 2.39. The highest BCUT2D eigenvalue weighted by molar-refractivity contribution is 9.10. The topological polar surface area (TPSA) is 66.0 Å². The van der Waals surface area contributed by atoms with Crippen molar-refractivity contribution >= 4 is 32.8 Å². The third-order valence-electron chi connectivity index (χ3n) is 1.78. The Bertz CT molecular complexity index is 523. The molecule has 2 N–H and O–H groups in total. The summed E-state index contributed by atoms with van der Waals surface area (Å²) in [5.74, 6) is -1.60. The summed E-state index contributed by atoms with van der Waals surface area (Å²) in [6.07, 6.45) is 0. The van der Waals surface area contributed by atoms with Crippen LogP contribution in [-0.2, 0) is 0 Å². The maximum absolute atomic E-state index is 12.9. The van der Waals surface area contributed by atoms with Gasteiger partial charge in [-0.3, -0.25) is 5.10 Å². The number of nitrogens with one attached hydrogen (secondary N) is 1. The van der Waals surface area contributed by atoms with Gasteiger partial charge in [-0.1, -0.05) is 0 Å². The number of benzene rings is 1. The molecule has 72 valence electrons. The van der Waals surface area contributed by atoms with E-state index in [0.29, 0.717) is 15.4 Å².